The Morgan fingerprint density at radius 3 is 2.79 bits per heavy atom. The normalized spacial score (nSPS) is 12.7. The number of rotatable bonds is 8. The Labute approximate surface area is 138 Å². The number of sulfonamides is 1. The summed E-state index contributed by atoms with van der Waals surface area (Å²) in [5.41, 5.74) is 0. The molecule has 0 aliphatic heterocycles. The number of aliphatic carboxylic acids is 1. The van der Waals surface area contributed by atoms with E-state index in [1.807, 2.05) is 10.8 Å². The number of carboxylic acids is 1. The Bertz CT molecular complexity index is 860. The highest BCUT2D eigenvalue weighted by molar-refractivity contribution is 7.90. The first-order chi connectivity index (χ1) is 11.3. The summed E-state index contributed by atoms with van der Waals surface area (Å²) in [6, 6.07) is 5.64. The zero-order valence-corrected chi connectivity index (χ0v) is 13.6. The van der Waals surface area contributed by atoms with Crippen LogP contribution in [0.1, 0.15) is 6.92 Å². The number of fused-ring (bicyclic) bond motifs is 1. The van der Waals surface area contributed by atoms with E-state index in [4.69, 9.17) is 9.84 Å². The Morgan fingerprint density at radius 2 is 2.08 bits per heavy atom. The van der Waals surface area contributed by atoms with Gasteiger partial charge in [-0.15, -0.1) is 0 Å². The molecule has 0 saturated carbocycles. The number of ketones is 1. The summed E-state index contributed by atoms with van der Waals surface area (Å²) in [7, 11) is -4.04. The summed E-state index contributed by atoms with van der Waals surface area (Å²) < 4.78 is 30.7. The van der Waals surface area contributed by atoms with Crippen LogP contribution in [-0.4, -0.2) is 48.7 Å². The highest BCUT2D eigenvalue weighted by Crippen LogP contribution is 2.24. The molecule has 128 valence electrons. The maximum Gasteiger partial charge on any atom is 0.321 e. The van der Waals surface area contributed by atoms with Crippen molar-refractivity contribution in [2.75, 3.05) is 12.4 Å². The molecular weight excluding hydrogens is 336 g/mol. The van der Waals surface area contributed by atoms with Gasteiger partial charge >= 0.3 is 5.97 Å². The minimum Gasteiger partial charge on any atom is -0.485 e. The lowest BCUT2D eigenvalue weighted by molar-refractivity contribution is -0.138. The van der Waals surface area contributed by atoms with Crippen molar-refractivity contribution in [2.24, 2.45) is 0 Å². The number of hydrogen-bond donors (Lipinski definition) is 2. The zero-order valence-electron chi connectivity index (χ0n) is 12.8. The van der Waals surface area contributed by atoms with Crippen molar-refractivity contribution in [1.29, 1.82) is 0 Å². The Hall–Kier alpha value is -2.52. The molecule has 24 heavy (non-hydrogen) atoms. The van der Waals surface area contributed by atoms with E-state index in [1.165, 1.54) is 6.92 Å². The van der Waals surface area contributed by atoms with Gasteiger partial charge < -0.3 is 9.84 Å². The number of nitrogens with zero attached hydrogens (tertiary/aromatic N) is 1. The van der Waals surface area contributed by atoms with Crippen LogP contribution in [0.3, 0.4) is 0 Å². The largest absolute Gasteiger partial charge is 0.485 e. The second-order valence-corrected chi connectivity index (χ2v) is 6.87. The van der Waals surface area contributed by atoms with Crippen LogP contribution in [0.4, 0.5) is 0 Å². The van der Waals surface area contributed by atoms with Crippen LogP contribution in [0.5, 0.6) is 5.75 Å². The quantitative estimate of drug-likeness (QED) is 0.712. The second kappa shape index (κ2) is 7.37. The van der Waals surface area contributed by atoms with Crippen LogP contribution >= 0.6 is 0 Å². The van der Waals surface area contributed by atoms with Gasteiger partial charge in [-0.25, -0.2) is 13.1 Å². The van der Waals surface area contributed by atoms with E-state index in [1.54, 1.807) is 30.6 Å². The third-order valence-electron chi connectivity index (χ3n) is 3.11. The van der Waals surface area contributed by atoms with Crippen molar-refractivity contribution < 1.29 is 27.9 Å². The lowest BCUT2D eigenvalue weighted by Crippen LogP contribution is -2.41. The monoisotopic (exact) mass is 352 g/mol. The third-order valence-corrected chi connectivity index (χ3v) is 4.52. The molecule has 0 aliphatic carbocycles. The van der Waals surface area contributed by atoms with Crippen LogP contribution in [-0.2, 0) is 19.6 Å². The number of carbonyl (C=O) groups excluding carboxylic acids is 1. The summed E-state index contributed by atoms with van der Waals surface area (Å²) in [4.78, 5) is 26.5. The molecule has 0 spiro atoms. The fraction of sp³-hybridized carbons (Fsp3) is 0.267. The van der Waals surface area contributed by atoms with Crippen molar-refractivity contribution in [3.05, 3.63) is 36.7 Å². The van der Waals surface area contributed by atoms with Gasteiger partial charge in [-0.1, -0.05) is 12.1 Å². The van der Waals surface area contributed by atoms with Gasteiger partial charge in [0.25, 0.3) is 0 Å². The molecule has 8 nitrogen and oxygen atoms in total. The number of ether oxygens (including phenoxy) is 1. The van der Waals surface area contributed by atoms with Crippen molar-refractivity contribution in [3.63, 3.8) is 0 Å². The maximum absolute atomic E-state index is 11.8. The maximum atomic E-state index is 11.8. The van der Waals surface area contributed by atoms with Crippen LogP contribution in [0.2, 0.25) is 0 Å². The van der Waals surface area contributed by atoms with E-state index in [2.05, 4.69) is 4.98 Å². The molecule has 0 radical (unpaired) electrons. The van der Waals surface area contributed by atoms with Gasteiger partial charge in [-0.05, 0) is 19.1 Å². The summed E-state index contributed by atoms with van der Waals surface area (Å²) in [5, 5.41) is 10.3. The predicted molar refractivity (Wildman–Crippen MR) is 86.3 cm³/mol. The smallest absolute Gasteiger partial charge is 0.321 e. The fourth-order valence-corrected chi connectivity index (χ4v) is 3.22. The van der Waals surface area contributed by atoms with Crippen molar-refractivity contribution in [3.8, 4) is 5.75 Å². The lowest BCUT2D eigenvalue weighted by Gasteiger charge is -2.11. The first-order valence-electron chi connectivity index (χ1n) is 6.98. The number of aromatic nitrogens is 1. The molecule has 9 heteroatoms. The van der Waals surface area contributed by atoms with E-state index in [0.29, 0.717) is 5.75 Å². The molecule has 0 aliphatic rings. The summed E-state index contributed by atoms with van der Waals surface area (Å²) in [6.45, 7) is 0.731. The first-order valence-corrected chi connectivity index (χ1v) is 8.64. The molecule has 0 amide bonds. The first kappa shape index (κ1) is 17.8. The molecule has 1 aromatic heterocycles. The van der Waals surface area contributed by atoms with E-state index < -0.39 is 40.2 Å². The fourth-order valence-electron chi connectivity index (χ4n) is 1.99. The van der Waals surface area contributed by atoms with Crippen LogP contribution in [0, 0.1) is 0 Å². The van der Waals surface area contributed by atoms with Crippen molar-refractivity contribution in [1.82, 2.24) is 9.71 Å². The highest BCUT2D eigenvalue weighted by Gasteiger charge is 2.22. The van der Waals surface area contributed by atoms with Gasteiger partial charge in [0.2, 0.25) is 10.0 Å². The molecule has 0 bridgehead atoms. The number of carbonyl (C=O) groups is 2. The second-order valence-electron chi connectivity index (χ2n) is 5.12. The molecule has 2 aromatic rings. The number of pyridine rings is 1. The number of hydrogen-bond acceptors (Lipinski definition) is 6. The van der Waals surface area contributed by atoms with Gasteiger partial charge in [-0.2, -0.15) is 0 Å². The number of benzene rings is 1. The Kier molecular flexibility index (Phi) is 5.47. The van der Waals surface area contributed by atoms with Gasteiger partial charge in [0.1, 0.15) is 24.2 Å². The van der Waals surface area contributed by atoms with E-state index in [-0.39, 0.29) is 0 Å². The molecule has 0 unspecified atom stereocenters. The van der Waals surface area contributed by atoms with Crippen LogP contribution in [0.15, 0.2) is 36.7 Å². The Morgan fingerprint density at radius 1 is 1.33 bits per heavy atom. The lowest BCUT2D eigenvalue weighted by atomic mass is 10.1. The molecule has 0 fully saturated rings. The zero-order chi connectivity index (χ0) is 17.7. The topological polar surface area (TPSA) is 123 Å². The predicted octanol–water partition coefficient (Wildman–Crippen LogP) is 0.575. The molecule has 0 saturated heterocycles. The standard InChI is InChI=1S/C15H16N2O6S/c1-10(15(19)20)17-24(21,22)9-12(18)8-23-14-4-2-3-11-7-16-6-5-13(11)14/h2-7,10,17H,8-9H2,1H3,(H,19,20)/t10-/m0/s1. The van der Waals surface area contributed by atoms with E-state index >= 15 is 0 Å². The molecule has 1 aromatic carbocycles. The van der Waals surface area contributed by atoms with E-state index in [0.717, 1.165) is 10.8 Å². The summed E-state index contributed by atoms with van der Waals surface area (Å²) in [6.07, 6.45) is 3.23. The van der Waals surface area contributed by atoms with Gasteiger partial charge in [0.05, 0.1) is 0 Å². The van der Waals surface area contributed by atoms with Crippen molar-refractivity contribution in [2.45, 2.75) is 13.0 Å². The molecule has 2 rings (SSSR count). The molecule has 1 heterocycles. The number of Topliss-reactive ketones (excluding diaryl/α,β-unsaturated/α-hetero) is 1. The van der Waals surface area contributed by atoms with Crippen molar-refractivity contribution >= 4 is 32.5 Å². The molecular formula is C15H16N2O6S. The van der Waals surface area contributed by atoms with Gasteiger partial charge in [0.15, 0.2) is 5.78 Å². The summed E-state index contributed by atoms with van der Waals surface area (Å²) >= 11 is 0. The third kappa shape index (κ3) is 4.74. The Balaban J connectivity index is 1.99. The average molecular weight is 352 g/mol. The SMILES string of the molecule is C[C@H](NS(=O)(=O)CC(=O)COc1cccc2cnccc12)C(=O)O. The average Bonchev–Trinajstić information content (AvgIpc) is 2.51. The minimum atomic E-state index is -4.04. The number of carboxylic acid groups (broad SMARTS) is 1. The number of nitrogens with one attached hydrogen (secondary N) is 1. The van der Waals surface area contributed by atoms with Crippen LogP contribution in [0.25, 0.3) is 10.8 Å². The minimum absolute atomic E-state index is 0.438. The molecule has 1 atom stereocenters. The summed E-state index contributed by atoms with van der Waals surface area (Å²) in [5.74, 6) is -2.43. The van der Waals surface area contributed by atoms with Crippen LogP contribution < -0.4 is 9.46 Å². The highest BCUT2D eigenvalue weighted by atomic mass is 32.2. The van der Waals surface area contributed by atoms with Gasteiger partial charge in [-0.3, -0.25) is 14.6 Å². The van der Waals surface area contributed by atoms with E-state index in [9.17, 15) is 18.0 Å². The van der Waals surface area contributed by atoms with Gasteiger partial charge in [0, 0.05) is 23.2 Å². The molecule has 2 N–H and O–H groups in total.